The molecule has 0 amide bonds. The van der Waals surface area contributed by atoms with Gasteiger partial charge in [-0.1, -0.05) is 60.2 Å². The van der Waals surface area contributed by atoms with E-state index in [0.29, 0.717) is 0 Å². The SMILES string of the molecule is Cc1cccc(-c2ccc(-c3cccc(-c4cc(C)[nH]c4C)n3)cc2)c1. The van der Waals surface area contributed by atoms with Gasteiger partial charge in [-0.3, -0.25) is 0 Å². The monoisotopic (exact) mass is 338 g/mol. The highest BCUT2D eigenvalue weighted by atomic mass is 14.8. The zero-order valence-electron chi connectivity index (χ0n) is 15.4. The lowest BCUT2D eigenvalue weighted by Gasteiger charge is -2.07. The normalized spacial score (nSPS) is 10.9. The van der Waals surface area contributed by atoms with Crippen LogP contribution in [-0.4, -0.2) is 9.97 Å². The molecular weight excluding hydrogens is 316 g/mol. The van der Waals surface area contributed by atoms with E-state index in [0.717, 1.165) is 28.3 Å². The molecule has 2 nitrogen and oxygen atoms in total. The number of nitrogens with one attached hydrogen (secondary N) is 1. The number of aromatic amines is 1. The summed E-state index contributed by atoms with van der Waals surface area (Å²) in [7, 11) is 0. The Morgan fingerprint density at radius 1 is 0.654 bits per heavy atom. The van der Waals surface area contributed by atoms with E-state index in [1.807, 2.05) is 0 Å². The van der Waals surface area contributed by atoms with E-state index in [2.05, 4.69) is 98.6 Å². The summed E-state index contributed by atoms with van der Waals surface area (Å²) in [5.74, 6) is 0. The second-order valence-electron chi connectivity index (χ2n) is 6.85. The molecule has 0 spiro atoms. The summed E-state index contributed by atoms with van der Waals surface area (Å²) in [6, 6.07) is 25.6. The molecule has 0 saturated carbocycles. The molecular formula is C24H22N2. The van der Waals surface area contributed by atoms with Crippen molar-refractivity contribution in [3.63, 3.8) is 0 Å². The maximum Gasteiger partial charge on any atom is 0.0727 e. The smallest absolute Gasteiger partial charge is 0.0727 e. The van der Waals surface area contributed by atoms with Crippen molar-refractivity contribution in [1.29, 1.82) is 0 Å². The van der Waals surface area contributed by atoms with Crippen LogP contribution in [0.4, 0.5) is 0 Å². The van der Waals surface area contributed by atoms with Gasteiger partial charge in [0.15, 0.2) is 0 Å². The number of rotatable bonds is 3. The average Bonchev–Trinajstić information content (AvgIpc) is 3.00. The highest BCUT2D eigenvalue weighted by Gasteiger charge is 2.08. The first-order valence-corrected chi connectivity index (χ1v) is 8.91. The van der Waals surface area contributed by atoms with Crippen LogP contribution in [0.25, 0.3) is 33.6 Å². The van der Waals surface area contributed by atoms with Gasteiger partial charge >= 0.3 is 0 Å². The molecule has 0 aliphatic carbocycles. The Kier molecular flexibility index (Phi) is 4.18. The Hall–Kier alpha value is -3.13. The summed E-state index contributed by atoms with van der Waals surface area (Å²) < 4.78 is 0. The quantitative estimate of drug-likeness (QED) is 0.464. The number of aryl methyl sites for hydroxylation is 3. The minimum Gasteiger partial charge on any atom is -0.362 e. The van der Waals surface area contributed by atoms with Crippen LogP contribution in [0, 0.1) is 20.8 Å². The van der Waals surface area contributed by atoms with E-state index >= 15 is 0 Å². The topological polar surface area (TPSA) is 28.7 Å². The van der Waals surface area contributed by atoms with E-state index in [1.165, 1.54) is 22.3 Å². The van der Waals surface area contributed by atoms with Crippen molar-refractivity contribution in [3.05, 3.63) is 89.7 Å². The van der Waals surface area contributed by atoms with Gasteiger partial charge in [0, 0.05) is 22.5 Å². The summed E-state index contributed by atoms with van der Waals surface area (Å²) in [6.07, 6.45) is 0. The molecule has 2 heterocycles. The fourth-order valence-corrected chi connectivity index (χ4v) is 3.39. The molecule has 0 bridgehead atoms. The van der Waals surface area contributed by atoms with Gasteiger partial charge in [0.05, 0.1) is 11.4 Å². The Labute approximate surface area is 154 Å². The lowest BCUT2D eigenvalue weighted by atomic mass is 10.0. The van der Waals surface area contributed by atoms with Gasteiger partial charge < -0.3 is 4.98 Å². The van der Waals surface area contributed by atoms with Gasteiger partial charge in [0.25, 0.3) is 0 Å². The number of nitrogens with zero attached hydrogens (tertiary/aromatic N) is 1. The maximum absolute atomic E-state index is 4.88. The molecule has 4 aromatic rings. The predicted molar refractivity (Wildman–Crippen MR) is 109 cm³/mol. The predicted octanol–water partition coefficient (Wildman–Crippen LogP) is 6.34. The minimum atomic E-state index is 0.997. The maximum atomic E-state index is 4.88. The fourth-order valence-electron chi connectivity index (χ4n) is 3.39. The first kappa shape index (κ1) is 16.3. The van der Waals surface area contributed by atoms with E-state index < -0.39 is 0 Å². The van der Waals surface area contributed by atoms with Crippen LogP contribution in [-0.2, 0) is 0 Å². The number of H-pyrrole nitrogens is 1. The Morgan fingerprint density at radius 2 is 1.35 bits per heavy atom. The second-order valence-corrected chi connectivity index (χ2v) is 6.85. The minimum absolute atomic E-state index is 0.997. The van der Waals surface area contributed by atoms with Gasteiger partial charge in [0.2, 0.25) is 0 Å². The van der Waals surface area contributed by atoms with Crippen molar-refractivity contribution in [2.75, 3.05) is 0 Å². The second kappa shape index (κ2) is 6.64. The van der Waals surface area contributed by atoms with E-state index in [4.69, 9.17) is 4.98 Å². The van der Waals surface area contributed by atoms with Crippen molar-refractivity contribution in [2.24, 2.45) is 0 Å². The van der Waals surface area contributed by atoms with E-state index in [-0.39, 0.29) is 0 Å². The third kappa shape index (κ3) is 3.18. The van der Waals surface area contributed by atoms with Crippen LogP contribution >= 0.6 is 0 Å². The number of hydrogen-bond acceptors (Lipinski definition) is 1. The molecule has 0 saturated heterocycles. The molecule has 0 radical (unpaired) electrons. The van der Waals surface area contributed by atoms with Crippen molar-refractivity contribution in [2.45, 2.75) is 20.8 Å². The van der Waals surface area contributed by atoms with Gasteiger partial charge in [-0.2, -0.15) is 0 Å². The van der Waals surface area contributed by atoms with E-state index in [1.54, 1.807) is 0 Å². The van der Waals surface area contributed by atoms with Crippen molar-refractivity contribution in [1.82, 2.24) is 9.97 Å². The molecule has 2 heteroatoms. The highest BCUT2D eigenvalue weighted by Crippen LogP contribution is 2.27. The van der Waals surface area contributed by atoms with E-state index in [9.17, 15) is 0 Å². The molecule has 26 heavy (non-hydrogen) atoms. The zero-order chi connectivity index (χ0) is 18.1. The third-order valence-corrected chi connectivity index (χ3v) is 4.71. The van der Waals surface area contributed by atoms with Gasteiger partial charge in [0.1, 0.15) is 0 Å². The Morgan fingerprint density at radius 3 is 2.04 bits per heavy atom. The molecule has 128 valence electrons. The lowest BCUT2D eigenvalue weighted by molar-refractivity contribution is 1.19. The molecule has 0 unspecified atom stereocenters. The summed E-state index contributed by atoms with van der Waals surface area (Å²) in [5, 5.41) is 0. The fraction of sp³-hybridized carbons (Fsp3) is 0.125. The number of hydrogen-bond donors (Lipinski definition) is 1. The molecule has 0 atom stereocenters. The van der Waals surface area contributed by atoms with Crippen LogP contribution in [0.5, 0.6) is 0 Å². The Bertz CT molecular complexity index is 1060. The van der Waals surface area contributed by atoms with Crippen LogP contribution in [0.1, 0.15) is 17.0 Å². The largest absolute Gasteiger partial charge is 0.362 e. The molecule has 4 rings (SSSR count). The summed E-state index contributed by atoms with van der Waals surface area (Å²) in [4.78, 5) is 8.24. The summed E-state index contributed by atoms with van der Waals surface area (Å²) in [6.45, 7) is 6.29. The standard InChI is InChI=1S/C24H22N2/c1-16-6-4-7-21(14-16)19-10-12-20(13-11-19)23-8-5-9-24(26-23)22-15-17(2)25-18(22)3/h4-15,25H,1-3H3. The number of aromatic nitrogens is 2. The average molecular weight is 338 g/mol. The zero-order valence-corrected chi connectivity index (χ0v) is 15.4. The summed E-state index contributed by atoms with van der Waals surface area (Å²) in [5.41, 5.74) is 10.4. The van der Waals surface area contributed by atoms with Crippen LogP contribution < -0.4 is 0 Å². The Balaban J connectivity index is 1.68. The molecule has 1 N–H and O–H groups in total. The van der Waals surface area contributed by atoms with Crippen molar-refractivity contribution in [3.8, 4) is 33.6 Å². The molecule has 0 fully saturated rings. The molecule has 2 aromatic heterocycles. The first-order valence-electron chi connectivity index (χ1n) is 8.91. The van der Waals surface area contributed by atoms with Crippen molar-refractivity contribution < 1.29 is 0 Å². The number of pyridine rings is 1. The van der Waals surface area contributed by atoms with Gasteiger partial charge in [-0.15, -0.1) is 0 Å². The van der Waals surface area contributed by atoms with Gasteiger partial charge in [-0.25, -0.2) is 4.98 Å². The molecule has 0 aliphatic heterocycles. The highest BCUT2D eigenvalue weighted by molar-refractivity contribution is 5.71. The van der Waals surface area contributed by atoms with Crippen LogP contribution in [0.15, 0.2) is 72.8 Å². The van der Waals surface area contributed by atoms with Crippen molar-refractivity contribution >= 4 is 0 Å². The lowest BCUT2D eigenvalue weighted by Crippen LogP contribution is -1.88. The van der Waals surface area contributed by atoms with Crippen LogP contribution in [0.3, 0.4) is 0 Å². The first-order chi connectivity index (χ1) is 12.6. The molecule has 0 aliphatic rings. The number of benzene rings is 2. The van der Waals surface area contributed by atoms with Crippen LogP contribution in [0.2, 0.25) is 0 Å². The summed E-state index contributed by atoms with van der Waals surface area (Å²) >= 11 is 0. The third-order valence-electron chi connectivity index (χ3n) is 4.71. The molecule has 2 aromatic carbocycles. The van der Waals surface area contributed by atoms with Gasteiger partial charge in [-0.05, 0) is 50.1 Å².